The van der Waals surface area contributed by atoms with Crippen molar-refractivity contribution in [2.24, 2.45) is 17.8 Å². The molecule has 3 heterocycles. The molecule has 4 aliphatic rings. The molecule has 7 atom stereocenters. The number of carbonyl (C=O) groups excluding carboxylic acids is 4. The van der Waals surface area contributed by atoms with Gasteiger partial charge in [0.25, 0.3) is 5.91 Å². The minimum absolute atomic E-state index is 0.0399. The van der Waals surface area contributed by atoms with Crippen molar-refractivity contribution in [2.45, 2.75) is 120 Å². The second-order valence-corrected chi connectivity index (χ2v) is 18.7. The third-order valence-electron chi connectivity index (χ3n) is 11.6. The highest BCUT2D eigenvalue weighted by molar-refractivity contribution is 7.91. The molecule has 14 nitrogen and oxygen atoms in total. The minimum Gasteiger partial charge on any atom is -0.494 e. The van der Waals surface area contributed by atoms with Crippen LogP contribution in [-0.4, -0.2) is 96.5 Å². The maximum Gasteiger partial charge on any atom is 0.427 e. The lowest BCUT2D eigenvalue weighted by atomic mass is 9.85. The lowest BCUT2D eigenvalue weighted by molar-refractivity contribution is -0.244. The van der Waals surface area contributed by atoms with E-state index in [1.54, 1.807) is 31.2 Å². The second kappa shape index (κ2) is 16.4. The van der Waals surface area contributed by atoms with Gasteiger partial charge in [-0.25, -0.2) is 18.2 Å². The predicted molar refractivity (Wildman–Crippen MR) is 206 cm³/mol. The lowest BCUT2D eigenvalue weighted by Gasteiger charge is -2.35. The first-order valence-corrected chi connectivity index (χ1v) is 21.3. The summed E-state index contributed by atoms with van der Waals surface area (Å²) >= 11 is 6.33. The van der Waals surface area contributed by atoms with Gasteiger partial charge < -0.3 is 29.7 Å². The molecular weight excluding hydrogens is 807 g/mol. The van der Waals surface area contributed by atoms with E-state index in [0.29, 0.717) is 73.9 Å². The van der Waals surface area contributed by atoms with E-state index < -0.39 is 86.4 Å². The number of aromatic nitrogens is 1. The van der Waals surface area contributed by atoms with E-state index in [2.05, 4.69) is 20.3 Å². The molecule has 2 aliphatic carbocycles. The van der Waals surface area contributed by atoms with Gasteiger partial charge in [0.2, 0.25) is 33.3 Å². The Morgan fingerprint density at radius 2 is 1.84 bits per heavy atom. The van der Waals surface area contributed by atoms with Gasteiger partial charge in [0.05, 0.1) is 25.1 Å². The highest BCUT2D eigenvalue weighted by Crippen LogP contribution is 2.46. The molecule has 58 heavy (non-hydrogen) atoms. The van der Waals surface area contributed by atoms with Gasteiger partial charge in [-0.15, -0.1) is 0 Å². The highest BCUT2D eigenvalue weighted by Gasteiger charge is 2.62. The third kappa shape index (κ3) is 9.11. The Labute approximate surface area is 340 Å². The number of pyridine rings is 1. The summed E-state index contributed by atoms with van der Waals surface area (Å²) in [6.07, 6.45) is 0.418. The first-order valence-electron chi connectivity index (χ1n) is 19.4. The van der Waals surface area contributed by atoms with E-state index in [1.807, 2.05) is 13.0 Å². The number of methoxy groups -OCH3 is 1. The van der Waals surface area contributed by atoms with E-state index in [-0.39, 0.29) is 31.2 Å². The first-order chi connectivity index (χ1) is 27.2. The van der Waals surface area contributed by atoms with Gasteiger partial charge >= 0.3 is 12.3 Å². The van der Waals surface area contributed by atoms with Crippen LogP contribution in [0.4, 0.5) is 18.0 Å². The van der Waals surface area contributed by atoms with Crippen molar-refractivity contribution in [1.29, 1.82) is 0 Å². The summed E-state index contributed by atoms with van der Waals surface area (Å²) in [6, 6.07) is 2.22. The molecule has 0 unspecified atom stereocenters. The Morgan fingerprint density at radius 3 is 2.50 bits per heavy atom. The van der Waals surface area contributed by atoms with Crippen molar-refractivity contribution in [3.05, 3.63) is 41.6 Å². The maximum atomic E-state index is 14.9. The maximum absolute atomic E-state index is 14.9. The molecule has 1 aromatic carbocycles. The normalized spacial score (nSPS) is 28.9. The smallest absolute Gasteiger partial charge is 0.427 e. The van der Waals surface area contributed by atoms with Gasteiger partial charge in [0.1, 0.15) is 29.5 Å². The molecular formula is C39H49ClF3N5O9S. The summed E-state index contributed by atoms with van der Waals surface area (Å²) in [5.74, 6) is -3.11. The van der Waals surface area contributed by atoms with Crippen molar-refractivity contribution in [2.75, 3.05) is 13.7 Å². The molecule has 1 aromatic heterocycles. The number of halogens is 4. The van der Waals surface area contributed by atoms with Crippen LogP contribution in [0.1, 0.15) is 79.1 Å². The van der Waals surface area contributed by atoms with Crippen LogP contribution < -0.4 is 24.8 Å². The van der Waals surface area contributed by atoms with Crippen molar-refractivity contribution >= 4 is 56.2 Å². The number of hydrogen-bond acceptors (Lipinski definition) is 10. The molecule has 3 fully saturated rings. The number of amides is 4. The Morgan fingerprint density at radius 1 is 1.12 bits per heavy atom. The fourth-order valence-electron chi connectivity index (χ4n) is 7.74. The average Bonchev–Trinajstić information content (AvgIpc) is 4.07. The van der Waals surface area contributed by atoms with E-state index in [0.717, 1.165) is 0 Å². The van der Waals surface area contributed by atoms with E-state index in [1.165, 1.54) is 18.2 Å². The zero-order valence-corrected chi connectivity index (χ0v) is 34.4. The molecule has 0 spiro atoms. The molecule has 0 radical (unpaired) electrons. The molecule has 2 aliphatic heterocycles. The predicted octanol–water partition coefficient (Wildman–Crippen LogP) is 5.57. The number of nitrogens with one attached hydrogen (secondary N) is 3. The number of carbonyl (C=O) groups is 4. The van der Waals surface area contributed by atoms with Crippen LogP contribution in [0.25, 0.3) is 10.8 Å². The number of ether oxygens (including phenoxy) is 3. The monoisotopic (exact) mass is 855 g/mol. The number of sulfonamides is 1. The molecule has 19 heteroatoms. The fourth-order valence-corrected chi connectivity index (χ4v) is 9.28. The SMILES string of the molecule is CC[C@@H]1C[C@H](C)CC/C=C\[C@@H]2C[C@@]2(C(=O)NS(=O)(=O)C2CC2)NC(=O)[C@@H]2C[C@@H](Oc3ncc(OC)c4ccc(Cl)cc34)CN2C(=O)[C@H]1NC(=O)OC(C)(C)C(F)(F)F. The van der Waals surface area contributed by atoms with Crippen LogP contribution in [0, 0.1) is 17.8 Å². The summed E-state index contributed by atoms with van der Waals surface area (Å²) in [6.45, 7) is 4.88. The Kier molecular flexibility index (Phi) is 12.2. The molecule has 3 N–H and O–H groups in total. The van der Waals surface area contributed by atoms with Crippen molar-refractivity contribution in [3.63, 3.8) is 0 Å². The second-order valence-electron chi connectivity index (χ2n) is 16.3. The van der Waals surface area contributed by atoms with E-state index >= 15 is 0 Å². The van der Waals surface area contributed by atoms with Crippen LogP contribution in [-0.2, 0) is 29.1 Å². The summed E-state index contributed by atoms with van der Waals surface area (Å²) in [5, 5.41) is 5.96. The van der Waals surface area contributed by atoms with Gasteiger partial charge in [0, 0.05) is 28.1 Å². The Balaban J connectivity index is 1.38. The number of alkyl carbamates (subject to hydrolysis) is 1. The lowest BCUT2D eigenvalue weighted by Crippen LogP contribution is -2.59. The standard InChI is InChI=1S/C39H49ClF3N5O9S/c1-6-22-15-21(2)9-7-8-10-23-18-38(23,35(51)47-58(53,54)26-12-13-26)46-32(49)29-17-25(56-33-28-16-24(40)11-14-27(28)30(55-5)19-44-33)20-48(29)34(50)31(22)45-36(52)57-37(3,4)39(41,42)43/h8,10-11,14,16,19,21-23,25-26,29,31H,6-7,9,12-13,15,17-18,20H2,1-5H3,(H,45,52)(H,46,49)(H,47,51)/b10-8-/t21-,22-,23-,25-,29+,31+,38-/m1/s1. The van der Waals surface area contributed by atoms with Gasteiger partial charge in [-0.2, -0.15) is 13.2 Å². The van der Waals surface area contributed by atoms with Crippen LogP contribution >= 0.6 is 11.6 Å². The molecule has 318 valence electrons. The fraction of sp³-hybridized carbons (Fsp3) is 0.615. The zero-order valence-electron chi connectivity index (χ0n) is 32.9. The summed E-state index contributed by atoms with van der Waals surface area (Å²) in [5.41, 5.74) is -4.54. The summed E-state index contributed by atoms with van der Waals surface area (Å²) in [4.78, 5) is 62.0. The highest BCUT2D eigenvalue weighted by atomic mass is 35.5. The Bertz CT molecular complexity index is 2080. The minimum atomic E-state index is -4.92. The average molecular weight is 856 g/mol. The van der Waals surface area contributed by atoms with Gasteiger partial charge in [-0.05, 0) is 82.4 Å². The number of benzene rings is 1. The number of allylic oxidation sites excluding steroid dienone is 1. The number of rotatable bonds is 9. The summed E-state index contributed by atoms with van der Waals surface area (Å²) < 4.78 is 85.9. The van der Waals surface area contributed by atoms with Crippen LogP contribution in [0.15, 0.2) is 36.5 Å². The number of hydrogen-bond donors (Lipinski definition) is 3. The van der Waals surface area contributed by atoms with Crippen molar-refractivity contribution < 1.29 is 55.0 Å². The first kappa shape index (κ1) is 43.3. The largest absolute Gasteiger partial charge is 0.494 e. The number of nitrogens with zero attached hydrogens (tertiary/aromatic N) is 2. The van der Waals surface area contributed by atoms with Crippen molar-refractivity contribution in [3.8, 4) is 11.6 Å². The molecule has 2 aromatic rings. The molecule has 1 saturated heterocycles. The molecule has 6 rings (SSSR count). The molecule has 4 amide bonds. The van der Waals surface area contributed by atoms with Crippen LogP contribution in [0.3, 0.4) is 0 Å². The van der Waals surface area contributed by atoms with Crippen LogP contribution in [0.2, 0.25) is 5.02 Å². The van der Waals surface area contributed by atoms with Crippen LogP contribution in [0.5, 0.6) is 11.6 Å². The zero-order chi connectivity index (χ0) is 42.4. The van der Waals surface area contributed by atoms with Gasteiger partial charge in [-0.1, -0.05) is 44.0 Å². The van der Waals surface area contributed by atoms with E-state index in [9.17, 15) is 40.8 Å². The number of fused-ring (bicyclic) bond motifs is 3. The molecule has 0 bridgehead atoms. The summed E-state index contributed by atoms with van der Waals surface area (Å²) in [7, 11) is -2.52. The van der Waals surface area contributed by atoms with Gasteiger partial charge in [0.15, 0.2) is 0 Å². The Hall–Kier alpha value is -4.32. The van der Waals surface area contributed by atoms with Crippen molar-refractivity contribution in [1.82, 2.24) is 25.2 Å². The third-order valence-corrected chi connectivity index (χ3v) is 13.6. The van der Waals surface area contributed by atoms with E-state index in [4.69, 9.17) is 25.8 Å². The van der Waals surface area contributed by atoms with Gasteiger partial charge in [-0.3, -0.25) is 19.1 Å². The topological polar surface area (TPSA) is 182 Å². The quantitative estimate of drug-likeness (QED) is 0.270. The number of alkyl halides is 3. The molecule has 2 saturated carbocycles.